The molecule has 0 saturated carbocycles. The third-order valence-corrected chi connectivity index (χ3v) is 5.68. The normalized spacial score (nSPS) is 14.8. The second kappa shape index (κ2) is 9.73. The van der Waals surface area contributed by atoms with Crippen molar-refractivity contribution in [2.75, 3.05) is 18.5 Å². The Balaban J connectivity index is 1.41. The van der Waals surface area contributed by atoms with Gasteiger partial charge in [-0.25, -0.2) is 4.79 Å². The Bertz CT molecular complexity index is 1100. The molecule has 0 aromatic heterocycles. The Kier molecular flexibility index (Phi) is 6.60. The smallest absolute Gasteiger partial charge is 0.319 e. The third-order valence-electron chi connectivity index (χ3n) is 5.43. The van der Waals surface area contributed by atoms with E-state index in [0.717, 1.165) is 5.56 Å². The first-order valence-corrected chi connectivity index (χ1v) is 10.7. The Hall–Kier alpha value is -3.53. The molecule has 3 aromatic carbocycles. The topological polar surface area (TPSA) is 83.4 Å². The Morgan fingerprint density at radius 2 is 1.53 bits per heavy atom. The summed E-state index contributed by atoms with van der Waals surface area (Å²) in [6, 6.07) is 23.3. The van der Waals surface area contributed by atoms with E-state index in [2.05, 4.69) is 16.7 Å². The largest absolute Gasteiger partial charge is 0.457 e. The SMILES string of the molecule is N#Cc1ccc(Oc2ccc(NC(=O)NC3(c4ccc(Cl)cc4)CCOCC3)cc2)cc1. The van der Waals surface area contributed by atoms with Crippen LogP contribution in [0.4, 0.5) is 10.5 Å². The second-order valence-electron chi connectivity index (χ2n) is 7.54. The summed E-state index contributed by atoms with van der Waals surface area (Å²) in [7, 11) is 0. The minimum absolute atomic E-state index is 0.289. The molecule has 1 aliphatic heterocycles. The molecule has 32 heavy (non-hydrogen) atoms. The van der Waals surface area contributed by atoms with Crippen LogP contribution < -0.4 is 15.4 Å². The molecule has 2 amide bonds. The molecule has 162 valence electrons. The van der Waals surface area contributed by atoms with Crippen LogP contribution in [0.3, 0.4) is 0 Å². The Morgan fingerprint density at radius 1 is 0.938 bits per heavy atom. The molecule has 6 nitrogen and oxygen atoms in total. The summed E-state index contributed by atoms with van der Waals surface area (Å²) in [5.74, 6) is 1.26. The van der Waals surface area contributed by atoms with Gasteiger partial charge in [-0.3, -0.25) is 0 Å². The highest BCUT2D eigenvalue weighted by molar-refractivity contribution is 6.30. The summed E-state index contributed by atoms with van der Waals surface area (Å²) in [6.45, 7) is 1.15. The lowest BCUT2D eigenvalue weighted by Crippen LogP contribution is -2.50. The number of carbonyl (C=O) groups excluding carboxylic acids is 1. The summed E-state index contributed by atoms with van der Waals surface area (Å²) in [4.78, 5) is 12.8. The summed E-state index contributed by atoms with van der Waals surface area (Å²) < 4.78 is 11.3. The van der Waals surface area contributed by atoms with Crippen LogP contribution in [0.1, 0.15) is 24.0 Å². The minimum atomic E-state index is -0.508. The number of benzene rings is 3. The van der Waals surface area contributed by atoms with Gasteiger partial charge in [0.05, 0.1) is 17.2 Å². The van der Waals surface area contributed by atoms with Gasteiger partial charge in [0, 0.05) is 23.9 Å². The summed E-state index contributed by atoms with van der Waals surface area (Å²) >= 11 is 6.04. The van der Waals surface area contributed by atoms with Crippen molar-refractivity contribution in [3.8, 4) is 17.6 Å². The molecule has 1 heterocycles. The van der Waals surface area contributed by atoms with E-state index in [0.29, 0.717) is 53.8 Å². The van der Waals surface area contributed by atoms with Crippen molar-refractivity contribution < 1.29 is 14.3 Å². The summed E-state index contributed by atoms with van der Waals surface area (Å²) in [5, 5.41) is 15.6. The van der Waals surface area contributed by atoms with Gasteiger partial charge in [0.15, 0.2) is 0 Å². The molecule has 0 radical (unpaired) electrons. The van der Waals surface area contributed by atoms with Crippen molar-refractivity contribution in [3.63, 3.8) is 0 Å². The van der Waals surface area contributed by atoms with Gasteiger partial charge in [-0.1, -0.05) is 23.7 Å². The fourth-order valence-corrected chi connectivity index (χ4v) is 3.82. The molecule has 4 rings (SSSR count). The van der Waals surface area contributed by atoms with Crippen molar-refractivity contribution in [2.45, 2.75) is 18.4 Å². The minimum Gasteiger partial charge on any atom is -0.457 e. The van der Waals surface area contributed by atoms with Crippen molar-refractivity contribution in [2.24, 2.45) is 0 Å². The highest BCUT2D eigenvalue weighted by Gasteiger charge is 2.36. The highest BCUT2D eigenvalue weighted by atomic mass is 35.5. The van der Waals surface area contributed by atoms with Gasteiger partial charge in [-0.05, 0) is 79.1 Å². The molecule has 0 unspecified atom stereocenters. The summed E-state index contributed by atoms with van der Waals surface area (Å²) in [5.41, 5.74) is 1.72. The quantitative estimate of drug-likeness (QED) is 0.515. The molecule has 1 aliphatic rings. The average molecular weight is 448 g/mol. The van der Waals surface area contributed by atoms with Crippen molar-refractivity contribution in [3.05, 3.63) is 88.9 Å². The first-order chi connectivity index (χ1) is 15.6. The maximum absolute atomic E-state index is 12.8. The molecular formula is C25H22ClN3O3. The zero-order chi connectivity index (χ0) is 22.4. The lowest BCUT2D eigenvalue weighted by atomic mass is 9.83. The van der Waals surface area contributed by atoms with Crippen molar-refractivity contribution in [1.29, 1.82) is 5.26 Å². The monoisotopic (exact) mass is 447 g/mol. The van der Waals surface area contributed by atoms with E-state index in [4.69, 9.17) is 26.3 Å². The Morgan fingerprint density at radius 3 is 2.12 bits per heavy atom. The van der Waals surface area contributed by atoms with E-state index in [1.54, 1.807) is 48.5 Å². The standard InChI is InChI=1S/C25H22ClN3O3/c26-20-5-3-19(4-6-20)25(13-15-31-16-14-25)29-24(30)28-21-7-11-23(12-8-21)32-22-9-1-18(17-27)2-10-22/h1-12H,13-16H2,(H2,28,29,30). The predicted molar refractivity (Wildman–Crippen MR) is 123 cm³/mol. The van der Waals surface area contributed by atoms with Crippen LogP contribution in [0.25, 0.3) is 0 Å². The molecule has 3 aromatic rings. The van der Waals surface area contributed by atoms with Gasteiger partial charge in [-0.2, -0.15) is 5.26 Å². The van der Waals surface area contributed by atoms with Gasteiger partial charge in [-0.15, -0.1) is 0 Å². The third kappa shape index (κ3) is 5.20. The number of ether oxygens (including phenoxy) is 2. The molecule has 0 atom stereocenters. The van der Waals surface area contributed by atoms with E-state index >= 15 is 0 Å². The molecule has 7 heteroatoms. The van der Waals surface area contributed by atoms with E-state index in [1.807, 2.05) is 24.3 Å². The number of amides is 2. The van der Waals surface area contributed by atoms with E-state index in [9.17, 15) is 4.79 Å². The van der Waals surface area contributed by atoms with Crippen molar-refractivity contribution in [1.82, 2.24) is 5.32 Å². The van der Waals surface area contributed by atoms with Crippen LogP contribution in [0.2, 0.25) is 5.02 Å². The molecular weight excluding hydrogens is 426 g/mol. The van der Waals surface area contributed by atoms with Crippen LogP contribution >= 0.6 is 11.6 Å². The van der Waals surface area contributed by atoms with Crippen LogP contribution in [0.15, 0.2) is 72.8 Å². The van der Waals surface area contributed by atoms with Gasteiger partial charge in [0.25, 0.3) is 0 Å². The molecule has 2 N–H and O–H groups in total. The first-order valence-electron chi connectivity index (χ1n) is 10.3. The lowest BCUT2D eigenvalue weighted by Gasteiger charge is -2.38. The molecule has 0 spiro atoms. The van der Waals surface area contributed by atoms with Crippen LogP contribution in [0.5, 0.6) is 11.5 Å². The molecule has 0 aliphatic carbocycles. The molecule has 1 fully saturated rings. The van der Waals surface area contributed by atoms with E-state index in [-0.39, 0.29) is 6.03 Å². The van der Waals surface area contributed by atoms with Crippen LogP contribution in [-0.2, 0) is 10.3 Å². The average Bonchev–Trinajstić information content (AvgIpc) is 2.82. The maximum Gasteiger partial charge on any atom is 0.319 e. The fraction of sp³-hybridized carbons (Fsp3) is 0.200. The first kappa shape index (κ1) is 21.7. The Labute approximate surface area is 191 Å². The van der Waals surface area contributed by atoms with Crippen molar-refractivity contribution >= 4 is 23.3 Å². The second-order valence-corrected chi connectivity index (χ2v) is 7.98. The number of nitriles is 1. The van der Waals surface area contributed by atoms with Gasteiger partial charge in [0.2, 0.25) is 0 Å². The number of nitrogens with zero attached hydrogens (tertiary/aromatic N) is 1. The van der Waals surface area contributed by atoms with E-state index in [1.165, 1.54) is 0 Å². The number of hydrogen-bond acceptors (Lipinski definition) is 4. The zero-order valence-corrected chi connectivity index (χ0v) is 18.1. The number of hydrogen-bond donors (Lipinski definition) is 2. The number of anilines is 1. The maximum atomic E-state index is 12.8. The number of halogens is 1. The molecule has 1 saturated heterocycles. The summed E-state index contributed by atoms with van der Waals surface area (Å²) in [6.07, 6.45) is 1.36. The predicted octanol–water partition coefficient (Wildman–Crippen LogP) is 5.83. The lowest BCUT2D eigenvalue weighted by molar-refractivity contribution is 0.0418. The van der Waals surface area contributed by atoms with Gasteiger partial charge in [0.1, 0.15) is 11.5 Å². The number of rotatable bonds is 5. The number of carbonyl (C=O) groups is 1. The highest BCUT2D eigenvalue weighted by Crippen LogP contribution is 2.33. The number of nitrogens with one attached hydrogen (secondary N) is 2. The molecule has 0 bridgehead atoms. The zero-order valence-electron chi connectivity index (χ0n) is 17.3. The fourth-order valence-electron chi connectivity index (χ4n) is 3.69. The number of urea groups is 1. The van der Waals surface area contributed by atoms with Crippen LogP contribution in [0, 0.1) is 11.3 Å². The van der Waals surface area contributed by atoms with E-state index < -0.39 is 5.54 Å². The van der Waals surface area contributed by atoms with Gasteiger partial charge < -0.3 is 20.1 Å². The van der Waals surface area contributed by atoms with Gasteiger partial charge >= 0.3 is 6.03 Å². The van der Waals surface area contributed by atoms with Crippen LogP contribution in [-0.4, -0.2) is 19.2 Å².